The van der Waals surface area contributed by atoms with Crippen LogP contribution in [0.15, 0.2) is 0 Å². The van der Waals surface area contributed by atoms with Crippen molar-refractivity contribution in [1.29, 1.82) is 0 Å². The number of ether oxygens (including phenoxy) is 1. The molecule has 4 aliphatic rings. The van der Waals surface area contributed by atoms with Crippen molar-refractivity contribution in [2.24, 2.45) is 29.6 Å². The zero-order chi connectivity index (χ0) is 15.0. The van der Waals surface area contributed by atoms with Crippen LogP contribution in [0.1, 0.15) is 45.4 Å². The predicted octanol–water partition coefficient (Wildman–Crippen LogP) is 3.09. The van der Waals surface area contributed by atoms with Gasteiger partial charge in [-0.1, -0.05) is 0 Å². The van der Waals surface area contributed by atoms with Crippen molar-refractivity contribution < 1.29 is 14.0 Å². The van der Waals surface area contributed by atoms with E-state index in [2.05, 4.69) is 21.0 Å². The third kappa shape index (κ3) is 3.28. The highest BCUT2D eigenvalue weighted by molar-refractivity contribution is 5.73. The first-order chi connectivity index (χ1) is 9.98. The van der Waals surface area contributed by atoms with E-state index in [9.17, 15) is 4.79 Å². The molecule has 4 rings (SSSR count). The van der Waals surface area contributed by atoms with Crippen LogP contribution in [0, 0.1) is 29.6 Å². The summed E-state index contributed by atoms with van der Waals surface area (Å²) in [5.41, 5.74) is 0. The van der Waals surface area contributed by atoms with Gasteiger partial charge in [-0.05, 0) is 62.7 Å². The maximum Gasteiger partial charge on any atom is 0.309 e. The van der Waals surface area contributed by atoms with Crippen LogP contribution in [-0.2, 0) is 9.53 Å². The number of hydrogen-bond donors (Lipinski definition) is 0. The molecule has 3 heteroatoms. The highest BCUT2D eigenvalue weighted by Crippen LogP contribution is 2.56. The summed E-state index contributed by atoms with van der Waals surface area (Å²) in [7, 11) is 4.47. The SMILES string of the molecule is CC[N+](C)(C)CCCOC(=O)C1C2CC3CC(C2)CC1C3. The van der Waals surface area contributed by atoms with Crippen LogP contribution in [0.2, 0.25) is 0 Å². The van der Waals surface area contributed by atoms with Crippen LogP contribution in [0.4, 0.5) is 0 Å². The Balaban J connectivity index is 1.46. The maximum atomic E-state index is 12.5. The number of hydrogen-bond acceptors (Lipinski definition) is 2. The molecule has 3 nitrogen and oxygen atoms in total. The lowest BCUT2D eigenvalue weighted by Gasteiger charge is -2.53. The van der Waals surface area contributed by atoms with E-state index in [-0.39, 0.29) is 11.9 Å². The van der Waals surface area contributed by atoms with Crippen LogP contribution in [0.3, 0.4) is 0 Å². The maximum absolute atomic E-state index is 12.5. The van der Waals surface area contributed by atoms with Gasteiger partial charge in [-0.25, -0.2) is 0 Å². The molecule has 21 heavy (non-hydrogen) atoms. The third-order valence-corrected chi connectivity index (χ3v) is 6.51. The summed E-state index contributed by atoms with van der Waals surface area (Å²) in [6.07, 6.45) is 7.62. The van der Waals surface area contributed by atoms with E-state index in [1.807, 2.05) is 0 Å². The van der Waals surface area contributed by atoms with Gasteiger partial charge in [-0.3, -0.25) is 4.79 Å². The van der Waals surface area contributed by atoms with Gasteiger partial charge < -0.3 is 9.22 Å². The number of quaternary nitrogens is 1. The molecule has 0 unspecified atom stereocenters. The highest BCUT2D eigenvalue weighted by atomic mass is 16.5. The van der Waals surface area contributed by atoms with Gasteiger partial charge in [0.25, 0.3) is 0 Å². The highest BCUT2D eigenvalue weighted by Gasteiger charge is 2.51. The van der Waals surface area contributed by atoms with Gasteiger partial charge in [-0.2, -0.15) is 0 Å². The van der Waals surface area contributed by atoms with Gasteiger partial charge in [0.2, 0.25) is 0 Å². The molecule has 0 atom stereocenters. The third-order valence-electron chi connectivity index (χ3n) is 6.51. The van der Waals surface area contributed by atoms with E-state index in [1.54, 1.807) is 0 Å². The Morgan fingerprint density at radius 3 is 2.14 bits per heavy atom. The fourth-order valence-electron chi connectivity index (χ4n) is 5.23. The second-order valence-electron chi connectivity index (χ2n) is 8.45. The largest absolute Gasteiger partial charge is 0.465 e. The molecular formula is C18H32NO2+. The Morgan fingerprint density at radius 2 is 1.62 bits per heavy atom. The lowest BCUT2D eigenvalue weighted by molar-refractivity contribution is -0.888. The molecule has 0 aromatic heterocycles. The summed E-state index contributed by atoms with van der Waals surface area (Å²) < 4.78 is 6.67. The van der Waals surface area contributed by atoms with E-state index < -0.39 is 0 Å². The molecule has 0 amide bonds. The summed E-state index contributed by atoms with van der Waals surface area (Å²) >= 11 is 0. The van der Waals surface area contributed by atoms with Gasteiger partial charge in [0.05, 0.1) is 39.7 Å². The fraction of sp³-hybridized carbons (Fsp3) is 0.944. The molecule has 0 radical (unpaired) electrons. The zero-order valence-corrected chi connectivity index (χ0v) is 14.0. The van der Waals surface area contributed by atoms with E-state index in [0.29, 0.717) is 18.4 Å². The second kappa shape index (κ2) is 5.91. The Morgan fingerprint density at radius 1 is 1.05 bits per heavy atom. The average Bonchev–Trinajstić information content (AvgIpc) is 2.42. The van der Waals surface area contributed by atoms with Crippen molar-refractivity contribution in [2.75, 3.05) is 33.8 Å². The molecule has 4 fully saturated rings. The number of rotatable bonds is 6. The van der Waals surface area contributed by atoms with Crippen molar-refractivity contribution in [3.8, 4) is 0 Å². The van der Waals surface area contributed by atoms with Crippen LogP contribution >= 0.6 is 0 Å². The van der Waals surface area contributed by atoms with Crippen molar-refractivity contribution >= 4 is 5.97 Å². The molecule has 4 saturated carbocycles. The summed E-state index contributed by atoms with van der Waals surface area (Å²) in [4.78, 5) is 12.5. The quantitative estimate of drug-likeness (QED) is 0.427. The normalized spacial score (nSPS) is 37.8. The summed E-state index contributed by atoms with van der Waals surface area (Å²) in [6, 6.07) is 0. The Bertz CT molecular complexity index is 363. The molecule has 0 spiro atoms. The molecule has 0 aromatic rings. The smallest absolute Gasteiger partial charge is 0.309 e. The standard InChI is InChI=1S/C18H32NO2/c1-4-19(2,3)6-5-7-21-18(20)17-15-9-13-8-14(11-15)12-16(17)10-13/h13-17H,4-12H2,1-3H3/q+1. The van der Waals surface area contributed by atoms with Gasteiger partial charge >= 0.3 is 5.97 Å². The first kappa shape index (κ1) is 15.3. The van der Waals surface area contributed by atoms with Gasteiger partial charge in [0.15, 0.2) is 0 Å². The van der Waals surface area contributed by atoms with E-state index in [0.717, 1.165) is 35.8 Å². The van der Waals surface area contributed by atoms with Crippen LogP contribution in [0.25, 0.3) is 0 Å². The van der Waals surface area contributed by atoms with E-state index in [1.165, 1.54) is 32.1 Å². The monoisotopic (exact) mass is 294 g/mol. The van der Waals surface area contributed by atoms with E-state index >= 15 is 0 Å². The van der Waals surface area contributed by atoms with Crippen LogP contribution in [0.5, 0.6) is 0 Å². The minimum atomic E-state index is 0.130. The molecule has 0 saturated heterocycles. The minimum Gasteiger partial charge on any atom is -0.465 e. The van der Waals surface area contributed by atoms with Gasteiger partial charge in [0.1, 0.15) is 0 Å². The predicted molar refractivity (Wildman–Crippen MR) is 83.6 cm³/mol. The molecule has 0 aliphatic heterocycles. The first-order valence-electron chi connectivity index (χ1n) is 8.97. The number of esters is 1. The Labute approximate surface area is 129 Å². The fourth-order valence-corrected chi connectivity index (χ4v) is 5.23. The summed E-state index contributed by atoms with van der Waals surface area (Å²) in [6.45, 7) is 5.04. The molecule has 0 N–H and O–H groups in total. The first-order valence-corrected chi connectivity index (χ1v) is 8.97. The second-order valence-corrected chi connectivity index (χ2v) is 8.45. The molecular weight excluding hydrogens is 262 g/mol. The molecule has 4 bridgehead atoms. The molecule has 4 aliphatic carbocycles. The lowest BCUT2D eigenvalue weighted by atomic mass is 9.52. The van der Waals surface area contributed by atoms with Gasteiger partial charge in [-0.15, -0.1) is 0 Å². The molecule has 0 aromatic carbocycles. The van der Waals surface area contributed by atoms with Crippen LogP contribution < -0.4 is 0 Å². The average molecular weight is 294 g/mol. The molecule has 120 valence electrons. The number of nitrogens with zero attached hydrogens (tertiary/aromatic N) is 1. The topological polar surface area (TPSA) is 26.3 Å². The van der Waals surface area contributed by atoms with E-state index in [4.69, 9.17) is 4.74 Å². The minimum absolute atomic E-state index is 0.130. The number of carbonyl (C=O) groups is 1. The van der Waals surface area contributed by atoms with Crippen LogP contribution in [-0.4, -0.2) is 44.2 Å². The molecule has 0 heterocycles. The zero-order valence-electron chi connectivity index (χ0n) is 14.0. The Kier molecular flexibility index (Phi) is 4.31. The van der Waals surface area contributed by atoms with Crippen molar-refractivity contribution in [1.82, 2.24) is 0 Å². The Hall–Kier alpha value is -0.570. The lowest BCUT2D eigenvalue weighted by Crippen LogP contribution is -2.48. The van der Waals surface area contributed by atoms with Gasteiger partial charge in [0, 0.05) is 6.42 Å². The summed E-state index contributed by atoms with van der Waals surface area (Å²) in [5.74, 6) is 3.53. The number of carbonyl (C=O) groups excluding carboxylic acids is 1. The van der Waals surface area contributed by atoms with Crippen molar-refractivity contribution in [3.63, 3.8) is 0 Å². The summed E-state index contributed by atoms with van der Waals surface area (Å²) in [5, 5.41) is 0. The van der Waals surface area contributed by atoms with Crippen molar-refractivity contribution in [3.05, 3.63) is 0 Å². The van der Waals surface area contributed by atoms with Crippen molar-refractivity contribution in [2.45, 2.75) is 45.4 Å².